The number of nitrogens with zero attached hydrogens (tertiary/aromatic N) is 1. The molecule has 0 atom stereocenters. The first-order valence-electron chi connectivity index (χ1n) is 7.54. The van der Waals surface area contributed by atoms with Crippen LogP contribution < -0.4 is 10.1 Å². The number of aryl methyl sites for hydroxylation is 1. The molecule has 0 saturated heterocycles. The zero-order valence-corrected chi connectivity index (χ0v) is 15.0. The predicted molar refractivity (Wildman–Crippen MR) is 95.1 cm³/mol. The number of ether oxygens (including phenoxy) is 2. The van der Waals surface area contributed by atoms with E-state index in [1.54, 1.807) is 14.0 Å². The number of anilines is 1. The number of hydrogen-bond acceptors (Lipinski definition) is 6. The molecule has 0 fully saturated rings. The number of amides is 1. The first-order valence-corrected chi connectivity index (χ1v) is 8.36. The number of methoxy groups -OCH3 is 2. The molecule has 0 aliphatic heterocycles. The summed E-state index contributed by atoms with van der Waals surface area (Å²) in [5, 5.41) is 12.4. The Kier molecular flexibility index (Phi) is 6.14. The number of carbonyl (C=O) groups excluding carboxylic acids is 2. The van der Waals surface area contributed by atoms with Gasteiger partial charge in [-0.05, 0) is 36.6 Å². The Morgan fingerprint density at radius 1 is 1.24 bits per heavy atom. The topological polar surface area (TPSA) is 88.4 Å². The number of rotatable bonds is 6. The van der Waals surface area contributed by atoms with Gasteiger partial charge in [0.1, 0.15) is 21.7 Å². The molecule has 2 rings (SSSR count). The Morgan fingerprint density at radius 3 is 2.48 bits per heavy atom. The molecule has 1 aromatic carbocycles. The Labute approximate surface area is 150 Å². The number of carbonyl (C=O) groups is 2. The van der Waals surface area contributed by atoms with Crippen molar-refractivity contribution in [3.63, 3.8) is 0 Å². The number of benzene rings is 1. The van der Waals surface area contributed by atoms with Crippen molar-refractivity contribution in [1.82, 2.24) is 0 Å². The second-order valence-electron chi connectivity index (χ2n) is 5.26. The van der Waals surface area contributed by atoms with E-state index in [-0.39, 0.29) is 12.3 Å². The summed E-state index contributed by atoms with van der Waals surface area (Å²) < 4.78 is 9.79. The Bertz CT molecular complexity index is 819. The van der Waals surface area contributed by atoms with Crippen LogP contribution in [-0.2, 0) is 16.0 Å². The smallest absolute Gasteiger partial charge is 0.348 e. The van der Waals surface area contributed by atoms with E-state index in [2.05, 4.69) is 5.32 Å². The maximum Gasteiger partial charge on any atom is 0.348 e. The van der Waals surface area contributed by atoms with Crippen molar-refractivity contribution in [1.29, 1.82) is 5.26 Å². The first kappa shape index (κ1) is 18.5. The summed E-state index contributed by atoms with van der Waals surface area (Å²) in [6, 6.07) is 9.51. The molecule has 7 heteroatoms. The van der Waals surface area contributed by atoms with Crippen LogP contribution in [-0.4, -0.2) is 26.1 Å². The van der Waals surface area contributed by atoms with Gasteiger partial charge >= 0.3 is 5.97 Å². The molecule has 0 bridgehead atoms. The number of nitrogens with one attached hydrogen (secondary N) is 1. The molecule has 1 aromatic heterocycles. The van der Waals surface area contributed by atoms with Gasteiger partial charge in [0, 0.05) is 6.42 Å². The van der Waals surface area contributed by atoms with Crippen LogP contribution in [0.25, 0.3) is 0 Å². The minimum atomic E-state index is -0.516. The second kappa shape index (κ2) is 8.31. The highest BCUT2D eigenvalue weighted by Crippen LogP contribution is 2.33. The molecule has 1 amide bonds. The van der Waals surface area contributed by atoms with Crippen LogP contribution in [0.1, 0.15) is 32.8 Å². The molecule has 1 heterocycles. The Morgan fingerprint density at radius 2 is 1.92 bits per heavy atom. The molecule has 2 aromatic rings. The van der Waals surface area contributed by atoms with Gasteiger partial charge in [-0.2, -0.15) is 5.26 Å². The van der Waals surface area contributed by atoms with Crippen molar-refractivity contribution in [2.24, 2.45) is 0 Å². The molecule has 0 saturated carbocycles. The Hall–Kier alpha value is -2.85. The van der Waals surface area contributed by atoms with E-state index in [1.165, 1.54) is 7.11 Å². The highest BCUT2D eigenvalue weighted by atomic mass is 32.1. The highest BCUT2D eigenvalue weighted by molar-refractivity contribution is 7.18. The zero-order valence-electron chi connectivity index (χ0n) is 14.2. The fourth-order valence-electron chi connectivity index (χ4n) is 2.26. The van der Waals surface area contributed by atoms with Crippen LogP contribution in [0.4, 0.5) is 5.00 Å². The lowest BCUT2D eigenvalue weighted by atomic mass is 10.1. The first-order chi connectivity index (χ1) is 12.0. The molecule has 0 unspecified atom stereocenters. The molecular weight excluding hydrogens is 340 g/mol. The Balaban J connectivity index is 2.04. The SMILES string of the molecule is COC(=O)c1sc(NC(=O)CCc2ccc(OC)cc2)c(C#N)c1C. The monoisotopic (exact) mass is 358 g/mol. The fourth-order valence-corrected chi connectivity index (χ4v) is 3.35. The number of esters is 1. The van der Waals surface area contributed by atoms with Gasteiger partial charge in [-0.1, -0.05) is 12.1 Å². The molecule has 1 N–H and O–H groups in total. The predicted octanol–water partition coefficient (Wildman–Crippen LogP) is 3.29. The average Bonchev–Trinajstić information content (AvgIpc) is 2.94. The van der Waals surface area contributed by atoms with Gasteiger partial charge in [-0.15, -0.1) is 11.3 Å². The van der Waals surface area contributed by atoms with Crippen LogP contribution in [0.5, 0.6) is 5.75 Å². The summed E-state index contributed by atoms with van der Waals surface area (Å²) in [7, 11) is 2.88. The van der Waals surface area contributed by atoms with E-state index in [9.17, 15) is 14.9 Å². The molecule has 0 spiro atoms. The van der Waals surface area contributed by atoms with Gasteiger partial charge in [0.15, 0.2) is 0 Å². The van der Waals surface area contributed by atoms with Gasteiger partial charge in [0.05, 0.1) is 19.8 Å². The average molecular weight is 358 g/mol. The van der Waals surface area contributed by atoms with Crippen molar-refractivity contribution in [2.75, 3.05) is 19.5 Å². The van der Waals surface area contributed by atoms with Gasteiger partial charge in [-0.25, -0.2) is 4.79 Å². The molecule has 0 radical (unpaired) electrons. The summed E-state index contributed by atoms with van der Waals surface area (Å²) in [5.74, 6) is 0.0268. The number of thiophene rings is 1. The summed E-state index contributed by atoms with van der Waals surface area (Å²) in [6.07, 6.45) is 0.827. The second-order valence-corrected chi connectivity index (χ2v) is 6.28. The molecule has 0 aliphatic rings. The lowest BCUT2D eigenvalue weighted by Gasteiger charge is -2.05. The van der Waals surface area contributed by atoms with Crippen molar-refractivity contribution < 1.29 is 19.1 Å². The fraction of sp³-hybridized carbons (Fsp3) is 0.278. The van der Waals surface area contributed by atoms with Crippen LogP contribution in [0.15, 0.2) is 24.3 Å². The lowest BCUT2D eigenvalue weighted by molar-refractivity contribution is -0.116. The van der Waals surface area contributed by atoms with Crippen LogP contribution in [0, 0.1) is 18.3 Å². The van der Waals surface area contributed by atoms with E-state index in [1.807, 2.05) is 30.3 Å². The standard InChI is InChI=1S/C18H18N2O4S/c1-11-14(10-19)17(25-16(11)18(22)24-3)20-15(21)9-6-12-4-7-13(23-2)8-5-12/h4-5,7-8H,6,9H2,1-3H3,(H,20,21). The third-order valence-corrected chi connectivity index (χ3v) is 4.87. The van der Waals surface area contributed by atoms with Crippen molar-refractivity contribution in [2.45, 2.75) is 19.8 Å². The van der Waals surface area contributed by atoms with E-state index in [0.717, 1.165) is 22.6 Å². The maximum atomic E-state index is 12.2. The highest BCUT2D eigenvalue weighted by Gasteiger charge is 2.21. The third kappa shape index (κ3) is 4.37. The minimum Gasteiger partial charge on any atom is -0.497 e. The third-order valence-electron chi connectivity index (χ3n) is 3.68. The van der Waals surface area contributed by atoms with E-state index in [4.69, 9.17) is 9.47 Å². The summed E-state index contributed by atoms with van der Waals surface area (Å²) in [4.78, 5) is 24.2. The number of nitriles is 1. The molecular formula is C18H18N2O4S. The summed E-state index contributed by atoms with van der Waals surface area (Å²) in [6.45, 7) is 1.66. The van der Waals surface area contributed by atoms with Gasteiger partial charge in [0.2, 0.25) is 5.91 Å². The van der Waals surface area contributed by atoms with Crippen LogP contribution >= 0.6 is 11.3 Å². The zero-order chi connectivity index (χ0) is 18.4. The lowest BCUT2D eigenvalue weighted by Crippen LogP contribution is -2.12. The van der Waals surface area contributed by atoms with Crippen molar-refractivity contribution in [3.8, 4) is 11.8 Å². The van der Waals surface area contributed by atoms with E-state index in [0.29, 0.717) is 27.4 Å². The van der Waals surface area contributed by atoms with Gasteiger partial charge in [-0.3, -0.25) is 4.79 Å². The van der Waals surface area contributed by atoms with Crippen molar-refractivity contribution in [3.05, 3.63) is 45.8 Å². The van der Waals surface area contributed by atoms with Crippen LogP contribution in [0.2, 0.25) is 0 Å². The molecule has 25 heavy (non-hydrogen) atoms. The van der Waals surface area contributed by atoms with Crippen LogP contribution in [0.3, 0.4) is 0 Å². The van der Waals surface area contributed by atoms with Crippen molar-refractivity contribution >= 4 is 28.2 Å². The van der Waals surface area contributed by atoms with Gasteiger partial charge < -0.3 is 14.8 Å². The number of hydrogen-bond donors (Lipinski definition) is 1. The minimum absolute atomic E-state index is 0.218. The summed E-state index contributed by atoms with van der Waals surface area (Å²) >= 11 is 1.05. The summed E-state index contributed by atoms with van der Waals surface area (Å²) in [5.41, 5.74) is 1.82. The quantitative estimate of drug-likeness (QED) is 0.801. The molecule has 0 aliphatic carbocycles. The molecule has 6 nitrogen and oxygen atoms in total. The normalized spacial score (nSPS) is 10.0. The van der Waals surface area contributed by atoms with E-state index >= 15 is 0 Å². The molecule has 130 valence electrons. The van der Waals surface area contributed by atoms with Gasteiger partial charge in [0.25, 0.3) is 0 Å². The maximum absolute atomic E-state index is 12.2. The largest absolute Gasteiger partial charge is 0.497 e. The van der Waals surface area contributed by atoms with E-state index < -0.39 is 5.97 Å².